The van der Waals surface area contributed by atoms with Crippen LogP contribution < -0.4 is 10.1 Å². The molecule has 3 aromatic carbocycles. The SMILES string of the molecule is Fc1cccc([C@H]2Oc3ccc(Cl)cc3C3=C2[C@H](c2ccccc2F)n2ncnc2N3)c1. The number of fused-ring (bicyclic) bond motifs is 3. The van der Waals surface area contributed by atoms with Gasteiger partial charge in [-0.05, 0) is 42.0 Å². The summed E-state index contributed by atoms with van der Waals surface area (Å²) in [5, 5.41) is 8.19. The normalized spacial score (nSPS) is 18.8. The number of nitrogens with zero attached hydrogens (tertiary/aromatic N) is 3. The van der Waals surface area contributed by atoms with Gasteiger partial charge in [-0.2, -0.15) is 10.1 Å². The van der Waals surface area contributed by atoms with E-state index in [1.165, 1.54) is 24.5 Å². The third-order valence-corrected chi connectivity index (χ3v) is 5.96. The van der Waals surface area contributed by atoms with Crippen LogP contribution in [0.4, 0.5) is 14.7 Å². The van der Waals surface area contributed by atoms with E-state index in [0.29, 0.717) is 39.1 Å². The predicted molar refractivity (Wildman–Crippen MR) is 116 cm³/mol. The van der Waals surface area contributed by atoms with E-state index in [-0.39, 0.29) is 11.6 Å². The van der Waals surface area contributed by atoms with Crippen LogP contribution in [0.25, 0.3) is 5.70 Å². The van der Waals surface area contributed by atoms with Crippen molar-refractivity contribution < 1.29 is 13.5 Å². The fraction of sp³-hybridized carbons (Fsp3) is 0.0833. The van der Waals surface area contributed by atoms with Crippen molar-refractivity contribution in [3.05, 3.63) is 112 Å². The third-order valence-electron chi connectivity index (χ3n) is 5.73. The Balaban J connectivity index is 1.67. The molecule has 4 aromatic rings. The quantitative estimate of drug-likeness (QED) is 0.423. The molecule has 0 radical (unpaired) electrons. The second-order valence-electron chi connectivity index (χ2n) is 7.60. The van der Waals surface area contributed by atoms with Gasteiger partial charge in [0, 0.05) is 21.7 Å². The van der Waals surface area contributed by atoms with Crippen molar-refractivity contribution in [1.82, 2.24) is 14.8 Å². The summed E-state index contributed by atoms with van der Waals surface area (Å²) < 4.78 is 37.2. The number of benzene rings is 3. The zero-order chi connectivity index (χ0) is 21.8. The van der Waals surface area contributed by atoms with E-state index in [2.05, 4.69) is 15.4 Å². The molecular formula is C24H15ClF2N4O. The van der Waals surface area contributed by atoms with Crippen molar-refractivity contribution in [2.75, 3.05) is 5.32 Å². The molecule has 8 heteroatoms. The van der Waals surface area contributed by atoms with Gasteiger partial charge in [-0.25, -0.2) is 13.5 Å². The topological polar surface area (TPSA) is 52.0 Å². The lowest BCUT2D eigenvalue weighted by atomic mass is 9.84. The van der Waals surface area contributed by atoms with Crippen molar-refractivity contribution in [2.24, 2.45) is 0 Å². The van der Waals surface area contributed by atoms with Crippen molar-refractivity contribution in [2.45, 2.75) is 12.1 Å². The molecule has 158 valence electrons. The number of rotatable bonds is 2. The van der Waals surface area contributed by atoms with Crippen molar-refractivity contribution in [3.63, 3.8) is 0 Å². The standard InChI is InChI=1S/C24H15ClF2N4O/c25-14-8-9-19-17(11-14)21-20(23(32-19)13-4-3-5-15(26)10-13)22(16-6-1-2-7-18(16)27)31-24(30-21)28-12-29-31/h1-12,22-23H,(H,28,29,30)/t22-,23+/m0/s1. The van der Waals surface area contributed by atoms with E-state index in [9.17, 15) is 4.39 Å². The molecule has 0 bridgehead atoms. The van der Waals surface area contributed by atoms with Gasteiger partial charge < -0.3 is 10.1 Å². The molecule has 0 amide bonds. The zero-order valence-electron chi connectivity index (χ0n) is 16.5. The van der Waals surface area contributed by atoms with E-state index < -0.39 is 12.1 Å². The van der Waals surface area contributed by atoms with Crippen LogP contribution >= 0.6 is 11.6 Å². The average Bonchev–Trinajstić information content (AvgIpc) is 3.26. The van der Waals surface area contributed by atoms with Crippen LogP contribution in [0.3, 0.4) is 0 Å². The summed E-state index contributed by atoms with van der Waals surface area (Å²) in [7, 11) is 0. The van der Waals surface area contributed by atoms with Crippen LogP contribution in [0, 0.1) is 11.6 Å². The molecule has 5 nitrogen and oxygen atoms in total. The van der Waals surface area contributed by atoms with Gasteiger partial charge in [0.2, 0.25) is 5.95 Å². The number of halogens is 3. The molecule has 0 saturated heterocycles. The number of ether oxygens (including phenoxy) is 1. The van der Waals surface area contributed by atoms with Crippen LogP contribution in [-0.2, 0) is 0 Å². The van der Waals surface area contributed by atoms with Gasteiger partial charge in [-0.3, -0.25) is 0 Å². The van der Waals surface area contributed by atoms with Crippen molar-refractivity contribution in [1.29, 1.82) is 0 Å². The number of nitrogens with one attached hydrogen (secondary N) is 1. The van der Waals surface area contributed by atoms with Gasteiger partial charge in [-0.15, -0.1) is 0 Å². The van der Waals surface area contributed by atoms with Crippen LogP contribution in [0.1, 0.15) is 28.8 Å². The first-order valence-electron chi connectivity index (χ1n) is 9.97. The Morgan fingerprint density at radius 2 is 1.88 bits per heavy atom. The molecule has 0 saturated carbocycles. The van der Waals surface area contributed by atoms with Gasteiger partial charge in [0.15, 0.2) is 0 Å². The number of hydrogen-bond donors (Lipinski definition) is 1. The summed E-state index contributed by atoms with van der Waals surface area (Å²) in [6.45, 7) is 0. The molecule has 3 heterocycles. The summed E-state index contributed by atoms with van der Waals surface area (Å²) in [6, 6.07) is 17.3. The van der Waals surface area contributed by atoms with E-state index in [0.717, 1.165) is 5.56 Å². The summed E-state index contributed by atoms with van der Waals surface area (Å²) >= 11 is 6.29. The molecule has 1 N–H and O–H groups in total. The minimum Gasteiger partial charge on any atom is -0.480 e. The van der Waals surface area contributed by atoms with Crippen molar-refractivity contribution in [3.8, 4) is 5.75 Å². The van der Waals surface area contributed by atoms with Crippen LogP contribution in [0.2, 0.25) is 5.02 Å². The van der Waals surface area contributed by atoms with Gasteiger partial charge >= 0.3 is 0 Å². The molecule has 0 aliphatic carbocycles. The lowest BCUT2D eigenvalue weighted by Crippen LogP contribution is -2.32. The molecule has 6 rings (SSSR count). The highest BCUT2D eigenvalue weighted by Gasteiger charge is 2.41. The third kappa shape index (κ3) is 2.89. The average molecular weight is 449 g/mol. The van der Waals surface area contributed by atoms with Crippen LogP contribution in [0.5, 0.6) is 5.75 Å². The minimum absolute atomic E-state index is 0.386. The highest BCUT2D eigenvalue weighted by molar-refractivity contribution is 6.30. The van der Waals surface area contributed by atoms with Gasteiger partial charge in [0.05, 0.1) is 5.70 Å². The summed E-state index contributed by atoms with van der Waals surface area (Å²) in [5.74, 6) is 0.267. The monoisotopic (exact) mass is 448 g/mol. The molecule has 2 atom stereocenters. The summed E-state index contributed by atoms with van der Waals surface area (Å²) in [4.78, 5) is 4.31. The molecule has 1 aromatic heterocycles. The second-order valence-corrected chi connectivity index (χ2v) is 8.04. The van der Waals surface area contributed by atoms with Gasteiger partial charge in [0.1, 0.15) is 35.9 Å². The van der Waals surface area contributed by atoms with E-state index >= 15 is 4.39 Å². The second kappa shape index (κ2) is 7.17. The first-order chi connectivity index (χ1) is 15.6. The van der Waals surface area contributed by atoms with Crippen LogP contribution in [-0.4, -0.2) is 14.8 Å². The molecule has 2 aliphatic heterocycles. The molecule has 2 aliphatic rings. The maximum absolute atomic E-state index is 15.1. The summed E-state index contributed by atoms with van der Waals surface area (Å²) in [6.07, 6.45) is 0.717. The van der Waals surface area contributed by atoms with Crippen LogP contribution in [0.15, 0.2) is 78.6 Å². The zero-order valence-corrected chi connectivity index (χ0v) is 17.2. The maximum atomic E-state index is 15.1. The predicted octanol–water partition coefficient (Wildman–Crippen LogP) is 5.77. The van der Waals surface area contributed by atoms with Crippen molar-refractivity contribution >= 4 is 23.2 Å². The Hall–Kier alpha value is -3.71. The highest BCUT2D eigenvalue weighted by atomic mass is 35.5. The Bertz CT molecular complexity index is 1400. The molecule has 0 unspecified atom stereocenters. The smallest absolute Gasteiger partial charge is 0.226 e. The van der Waals surface area contributed by atoms with E-state index in [1.807, 2.05) is 0 Å². The lowest BCUT2D eigenvalue weighted by Gasteiger charge is -2.39. The number of anilines is 1. The maximum Gasteiger partial charge on any atom is 0.226 e. The molecular weight excluding hydrogens is 434 g/mol. The van der Waals surface area contributed by atoms with E-state index in [1.54, 1.807) is 53.2 Å². The Morgan fingerprint density at radius 1 is 1.00 bits per heavy atom. The van der Waals surface area contributed by atoms with Gasteiger partial charge in [-0.1, -0.05) is 41.9 Å². The molecule has 0 spiro atoms. The lowest BCUT2D eigenvalue weighted by molar-refractivity contribution is 0.222. The fourth-order valence-corrected chi connectivity index (χ4v) is 4.55. The largest absolute Gasteiger partial charge is 0.480 e. The summed E-state index contributed by atoms with van der Waals surface area (Å²) in [5.41, 5.74) is 3.11. The Morgan fingerprint density at radius 3 is 2.72 bits per heavy atom. The Kier molecular flexibility index (Phi) is 4.26. The molecule has 32 heavy (non-hydrogen) atoms. The first kappa shape index (κ1) is 19.0. The number of hydrogen-bond acceptors (Lipinski definition) is 4. The van der Waals surface area contributed by atoms with E-state index in [4.69, 9.17) is 16.3 Å². The Labute approximate surface area is 186 Å². The first-order valence-corrected chi connectivity index (χ1v) is 10.3. The van der Waals surface area contributed by atoms with Gasteiger partial charge in [0.25, 0.3) is 0 Å². The minimum atomic E-state index is -0.691. The highest BCUT2D eigenvalue weighted by Crippen LogP contribution is 2.51. The fourth-order valence-electron chi connectivity index (χ4n) is 4.38. The number of aromatic nitrogens is 3. The molecule has 0 fully saturated rings.